The van der Waals surface area contributed by atoms with Gasteiger partial charge in [0, 0.05) is 6.54 Å². The van der Waals surface area contributed by atoms with Crippen LogP contribution in [0.4, 0.5) is 0 Å². The number of amides is 1. The zero-order chi connectivity index (χ0) is 18.6. The Morgan fingerprint density at radius 1 is 1.19 bits per heavy atom. The highest BCUT2D eigenvalue weighted by molar-refractivity contribution is 6.33. The summed E-state index contributed by atoms with van der Waals surface area (Å²) in [6.07, 6.45) is 8.00. The number of hydrogen-bond donors (Lipinski definition) is 3. The maximum absolute atomic E-state index is 12.9. The van der Waals surface area contributed by atoms with Crippen LogP contribution in [0, 0.1) is 23.2 Å². The molecule has 5 heteroatoms. The molecule has 1 saturated heterocycles. The summed E-state index contributed by atoms with van der Waals surface area (Å²) in [4.78, 5) is 12.9. The van der Waals surface area contributed by atoms with Crippen molar-refractivity contribution in [2.75, 3.05) is 19.6 Å². The first-order valence-corrected chi connectivity index (χ1v) is 10.9. The third kappa shape index (κ3) is 3.10. The molecular formula is C22H29ClN2O2. The minimum Gasteiger partial charge on any atom is -0.385 e. The van der Waals surface area contributed by atoms with E-state index in [2.05, 4.69) is 10.6 Å². The van der Waals surface area contributed by atoms with Gasteiger partial charge < -0.3 is 15.7 Å². The summed E-state index contributed by atoms with van der Waals surface area (Å²) in [6.45, 7) is 2.34. The first-order valence-electron chi connectivity index (χ1n) is 10.5. The molecule has 5 aliphatic rings. The molecule has 4 saturated carbocycles. The summed E-state index contributed by atoms with van der Waals surface area (Å²) < 4.78 is 0. The second-order valence-corrected chi connectivity index (χ2v) is 10.0. The summed E-state index contributed by atoms with van der Waals surface area (Å²) in [6, 6.07) is 5.42. The van der Waals surface area contributed by atoms with E-state index in [1.54, 1.807) is 12.1 Å². The average molecular weight is 389 g/mol. The van der Waals surface area contributed by atoms with Gasteiger partial charge in [0.25, 0.3) is 5.91 Å². The fraction of sp³-hybridized carbons (Fsp3) is 0.682. The van der Waals surface area contributed by atoms with Crippen LogP contribution >= 0.6 is 11.6 Å². The molecule has 6 rings (SSSR count). The Labute approximate surface area is 166 Å². The molecule has 0 aromatic heterocycles. The van der Waals surface area contributed by atoms with Gasteiger partial charge in [0.15, 0.2) is 0 Å². The van der Waals surface area contributed by atoms with Crippen molar-refractivity contribution >= 4 is 17.5 Å². The SMILES string of the molecule is O=C(NCC12CC3CC(C1)C(C3)C2)c1cc(C2(O)CCNCC2)ccc1Cl. The topological polar surface area (TPSA) is 61.4 Å². The van der Waals surface area contributed by atoms with Gasteiger partial charge in [-0.25, -0.2) is 0 Å². The maximum atomic E-state index is 12.9. The second-order valence-electron chi connectivity index (χ2n) is 9.63. The summed E-state index contributed by atoms with van der Waals surface area (Å²) in [5, 5.41) is 17.9. The number of benzene rings is 1. The molecule has 0 radical (unpaired) electrons. The van der Waals surface area contributed by atoms with Crippen molar-refractivity contribution < 1.29 is 9.90 Å². The van der Waals surface area contributed by atoms with Gasteiger partial charge in [0.2, 0.25) is 0 Å². The lowest BCUT2D eigenvalue weighted by atomic mass is 9.69. The second kappa shape index (κ2) is 6.47. The zero-order valence-corrected chi connectivity index (χ0v) is 16.5. The number of carbonyl (C=O) groups excluding carboxylic acids is 1. The standard InChI is InChI=1S/C22H29ClN2O2/c23-19-2-1-17(22(27)3-5-24-6-4-22)9-18(19)20(26)25-13-21-10-14-7-15(11-21)16(8-14)12-21/h1-2,9,14-16,24,27H,3-8,10-13H2,(H,25,26). The number of hydrogen-bond acceptors (Lipinski definition) is 3. The molecule has 27 heavy (non-hydrogen) atoms. The lowest BCUT2D eigenvalue weighted by Crippen LogP contribution is -2.41. The summed E-state index contributed by atoms with van der Waals surface area (Å²) in [5.74, 6) is 2.60. The van der Waals surface area contributed by atoms with Gasteiger partial charge in [-0.15, -0.1) is 0 Å². The minimum absolute atomic E-state index is 0.101. The van der Waals surface area contributed by atoms with Crippen molar-refractivity contribution in [3.63, 3.8) is 0 Å². The molecule has 1 aromatic carbocycles. The third-order valence-electron chi connectivity index (χ3n) is 7.85. The Morgan fingerprint density at radius 2 is 1.89 bits per heavy atom. The molecule has 1 aliphatic heterocycles. The highest BCUT2D eigenvalue weighted by atomic mass is 35.5. The van der Waals surface area contributed by atoms with Crippen molar-refractivity contribution in [1.29, 1.82) is 0 Å². The van der Waals surface area contributed by atoms with Crippen molar-refractivity contribution in [3.8, 4) is 0 Å². The number of rotatable bonds is 4. The molecule has 4 nitrogen and oxygen atoms in total. The summed E-state index contributed by atoms with van der Waals surface area (Å²) in [5.41, 5.74) is 0.751. The maximum Gasteiger partial charge on any atom is 0.252 e. The van der Waals surface area contributed by atoms with Gasteiger partial charge in [0.1, 0.15) is 0 Å². The quantitative estimate of drug-likeness (QED) is 0.740. The van der Waals surface area contributed by atoms with E-state index in [4.69, 9.17) is 11.6 Å². The van der Waals surface area contributed by atoms with Crippen molar-refractivity contribution in [3.05, 3.63) is 34.3 Å². The Kier molecular flexibility index (Phi) is 4.30. The lowest BCUT2D eigenvalue weighted by Gasteiger charge is -2.38. The van der Waals surface area contributed by atoms with E-state index in [9.17, 15) is 9.90 Å². The monoisotopic (exact) mass is 388 g/mol. The number of piperidine rings is 1. The third-order valence-corrected chi connectivity index (χ3v) is 8.18. The normalized spacial score (nSPS) is 36.1. The molecule has 0 spiro atoms. The average Bonchev–Trinajstić information content (AvgIpc) is 3.07. The van der Waals surface area contributed by atoms with Crippen LogP contribution < -0.4 is 10.6 Å². The molecule has 1 heterocycles. The molecule has 146 valence electrons. The van der Waals surface area contributed by atoms with Crippen LogP contribution in [-0.2, 0) is 5.60 Å². The van der Waals surface area contributed by atoms with E-state index in [-0.39, 0.29) is 5.91 Å². The van der Waals surface area contributed by atoms with E-state index in [1.165, 1.54) is 32.1 Å². The van der Waals surface area contributed by atoms with E-state index in [0.717, 1.165) is 43.0 Å². The van der Waals surface area contributed by atoms with Gasteiger partial charge >= 0.3 is 0 Å². The Bertz CT molecular complexity index is 739. The van der Waals surface area contributed by atoms with Crippen molar-refractivity contribution in [2.45, 2.75) is 50.5 Å². The largest absolute Gasteiger partial charge is 0.385 e. The number of carbonyl (C=O) groups is 1. The van der Waals surface area contributed by atoms with E-state index in [1.807, 2.05) is 6.07 Å². The van der Waals surface area contributed by atoms with Crippen molar-refractivity contribution in [1.82, 2.24) is 10.6 Å². The van der Waals surface area contributed by atoms with Crippen LogP contribution in [0.1, 0.15) is 60.9 Å². The summed E-state index contributed by atoms with van der Waals surface area (Å²) >= 11 is 6.35. The first-order chi connectivity index (χ1) is 13.0. The fourth-order valence-corrected chi connectivity index (χ4v) is 6.88. The van der Waals surface area contributed by atoms with Crippen LogP contribution in [0.15, 0.2) is 18.2 Å². The molecule has 4 aliphatic carbocycles. The lowest BCUT2D eigenvalue weighted by molar-refractivity contribution is 0.00590. The van der Waals surface area contributed by atoms with E-state index in [0.29, 0.717) is 28.8 Å². The zero-order valence-electron chi connectivity index (χ0n) is 15.8. The van der Waals surface area contributed by atoms with Gasteiger partial charge in [-0.2, -0.15) is 0 Å². The van der Waals surface area contributed by atoms with Crippen molar-refractivity contribution in [2.24, 2.45) is 23.2 Å². The van der Waals surface area contributed by atoms with Gasteiger partial charge in [-0.1, -0.05) is 17.7 Å². The van der Waals surface area contributed by atoms with Crippen LogP contribution in [0.2, 0.25) is 5.02 Å². The van der Waals surface area contributed by atoms with Gasteiger partial charge in [0.05, 0.1) is 16.2 Å². The highest BCUT2D eigenvalue weighted by Crippen LogP contribution is 2.63. The van der Waals surface area contributed by atoms with Crippen LogP contribution in [0.25, 0.3) is 0 Å². The number of nitrogens with one attached hydrogen (secondary N) is 2. The molecule has 2 atom stereocenters. The van der Waals surface area contributed by atoms with E-state index < -0.39 is 5.60 Å². The van der Waals surface area contributed by atoms with E-state index >= 15 is 0 Å². The van der Waals surface area contributed by atoms with Crippen LogP contribution in [-0.4, -0.2) is 30.6 Å². The smallest absolute Gasteiger partial charge is 0.252 e. The molecule has 5 fully saturated rings. The fourth-order valence-electron chi connectivity index (χ4n) is 6.68. The van der Waals surface area contributed by atoms with Gasteiger partial charge in [-0.3, -0.25) is 4.79 Å². The molecule has 2 unspecified atom stereocenters. The molecular weight excluding hydrogens is 360 g/mol. The number of aliphatic hydroxyl groups is 1. The molecule has 4 bridgehead atoms. The predicted octanol–water partition coefficient (Wildman–Crippen LogP) is 3.47. The highest BCUT2D eigenvalue weighted by Gasteiger charge is 2.55. The molecule has 1 aromatic rings. The summed E-state index contributed by atoms with van der Waals surface area (Å²) in [7, 11) is 0. The Balaban J connectivity index is 1.31. The van der Waals surface area contributed by atoms with Gasteiger partial charge in [-0.05, 0) is 98.9 Å². The minimum atomic E-state index is -0.868. The first kappa shape index (κ1) is 18.0. The molecule has 1 amide bonds. The Morgan fingerprint density at radius 3 is 2.56 bits per heavy atom. The Hall–Kier alpha value is -1.10. The van der Waals surface area contributed by atoms with Crippen LogP contribution in [0.3, 0.4) is 0 Å². The predicted molar refractivity (Wildman–Crippen MR) is 106 cm³/mol. The van der Waals surface area contributed by atoms with Crippen LogP contribution in [0.5, 0.6) is 0 Å². The number of halogens is 1. The molecule has 3 N–H and O–H groups in total.